The van der Waals surface area contributed by atoms with E-state index in [9.17, 15) is 4.79 Å². The molecule has 1 aromatic carbocycles. The number of rotatable bonds is 5. The van der Waals surface area contributed by atoms with Gasteiger partial charge in [-0.15, -0.1) is 11.8 Å². The molecule has 2 heterocycles. The number of furan rings is 2. The van der Waals surface area contributed by atoms with E-state index in [4.69, 9.17) is 8.83 Å². The summed E-state index contributed by atoms with van der Waals surface area (Å²) in [7, 11) is 0. The molecule has 1 aliphatic carbocycles. The van der Waals surface area contributed by atoms with E-state index in [1.807, 2.05) is 30.3 Å². The maximum Gasteiger partial charge on any atom is 0.287 e. The Labute approximate surface area is 150 Å². The Hall–Kier alpha value is -2.40. The summed E-state index contributed by atoms with van der Waals surface area (Å²) < 4.78 is 11.0. The summed E-state index contributed by atoms with van der Waals surface area (Å²) in [6.07, 6.45) is 6.16. The minimum Gasteiger partial charge on any atom is -0.469 e. The number of aryl methyl sites for hydroxylation is 1. The topological polar surface area (TPSA) is 55.4 Å². The van der Waals surface area contributed by atoms with Crippen molar-refractivity contribution >= 4 is 17.7 Å². The molecule has 0 spiro atoms. The molecule has 1 amide bonds. The van der Waals surface area contributed by atoms with Gasteiger partial charge in [-0.05, 0) is 37.1 Å². The Kier molecular flexibility index (Phi) is 4.65. The summed E-state index contributed by atoms with van der Waals surface area (Å²) in [4.78, 5) is 13.9. The number of carbonyl (C=O) groups excluding carboxylic acids is 1. The van der Waals surface area contributed by atoms with Crippen LogP contribution in [-0.2, 0) is 12.2 Å². The number of carbonyl (C=O) groups is 1. The van der Waals surface area contributed by atoms with Gasteiger partial charge in [-0.3, -0.25) is 4.79 Å². The second-order valence-corrected chi connectivity index (χ2v) is 7.14. The normalized spacial score (nSPS) is 16.4. The number of hydrogen-bond acceptors (Lipinski definition) is 4. The molecule has 1 unspecified atom stereocenters. The molecule has 25 heavy (non-hydrogen) atoms. The molecule has 2 aromatic heterocycles. The second-order valence-electron chi connectivity index (χ2n) is 6.09. The third kappa shape index (κ3) is 3.51. The van der Waals surface area contributed by atoms with Gasteiger partial charge in [0.05, 0.1) is 18.6 Å². The van der Waals surface area contributed by atoms with E-state index in [-0.39, 0.29) is 11.9 Å². The van der Waals surface area contributed by atoms with E-state index in [0.29, 0.717) is 11.5 Å². The van der Waals surface area contributed by atoms with Crippen molar-refractivity contribution in [3.63, 3.8) is 0 Å². The highest BCUT2D eigenvalue weighted by atomic mass is 32.2. The lowest BCUT2D eigenvalue weighted by Crippen LogP contribution is -2.30. The molecule has 1 aliphatic rings. The first-order valence-electron chi connectivity index (χ1n) is 8.42. The monoisotopic (exact) mass is 353 g/mol. The molecule has 0 aliphatic heterocycles. The number of hydrogen-bond donors (Lipinski definition) is 1. The van der Waals surface area contributed by atoms with E-state index in [1.54, 1.807) is 24.3 Å². The summed E-state index contributed by atoms with van der Waals surface area (Å²) in [6, 6.07) is 14.0. The fraction of sp³-hybridized carbons (Fsp3) is 0.250. The second kappa shape index (κ2) is 7.23. The van der Waals surface area contributed by atoms with Gasteiger partial charge in [0, 0.05) is 28.2 Å². The zero-order valence-corrected chi connectivity index (χ0v) is 14.6. The molecule has 0 fully saturated rings. The van der Waals surface area contributed by atoms with E-state index < -0.39 is 0 Å². The fourth-order valence-corrected chi connectivity index (χ4v) is 4.09. The molecular formula is C20H19NO3S. The zero-order valence-electron chi connectivity index (χ0n) is 13.7. The maximum atomic E-state index is 12.7. The molecule has 0 radical (unpaired) electrons. The van der Waals surface area contributed by atoms with Crippen molar-refractivity contribution in [1.29, 1.82) is 0 Å². The Morgan fingerprint density at radius 2 is 1.96 bits per heavy atom. The predicted molar refractivity (Wildman–Crippen MR) is 96.6 cm³/mol. The Morgan fingerprint density at radius 3 is 2.84 bits per heavy atom. The third-order valence-corrected chi connectivity index (χ3v) is 5.51. The van der Waals surface area contributed by atoms with Gasteiger partial charge in [-0.2, -0.15) is 0 Å². The molecule has 128 valence electrons. The van der Waals surface area contributed by atoms with Crippen LogP contribution in [0.15, 0.2) is 68.7 Å². The first kappa shape index (κ1) is 16.1. The molecule has 4 nitrogen and oxygen atoms in total. The van der Waals surface area contributed by atoms with Crippen LogP contribution in [0.2, 0.25) is 0 Å². The standard InChI is InChI=1S/C20H19NO3S/c22-20(21-17-7-4-8-18-16(17)10-12-23-18)19-14(9-11-24-19)13-25-15-5-2-1-3-6-15/h1-3,5-6,9-12,17H,4,7-8,13H2,(H,21,22). The summed E-state index contributed by atoms with van der Waals surface area (Å²) in [5, 5.41) is 3.10. The van der Waals surface area contributed by atoms with E-state index in [0.717, 1.165) is 36.1 Å². The van der Waals surface area contributed by atoms with Crippen LogP contribution in [0.3, 0.4) is 0 Å². The highest BCUT2D eigenvalue weighted by molar-refractivity contribution is 7.98. The van der Waals surface area contributed by atoms with Crippen molar-refractivity contribution in [3.05, 3.63) is 77.6 Å². The SMILES string of the molecule is O=C(NC1CCCc2occc21)c1occc1CSc1ccccc1. The lowest BCUT2D eigenvalue weighted by Gasteiger charge is -2.22. The maximum absolute atomic E-state index is 12.7. The molecule has 1 N–H and O–H groups in total. The van der Waals surface area contributed by atoms with Gasteiger partial charge in [0.1, 0.15) is 5.76 Å². The smallest absolute Gasteiger partial charge is 0.287 e. The Morgan fingerprint density at radius 1 is 1.12 bits per heavy atom. The average Bonchev–Trinajstić information content (AvgIpc) is 3.30. The van der Waals surface area contributed by atoms with Crippen LogP contribution in [0.25, 0.3) is 0 Å². The highest BCUT2D eigenvalue weighted by Gasteiger charge is 2.26. The molecular weight excluding hydrogens is 334 g/mol. The quantitative estimate of drug-likeness (QED) is 0.658. The molecule has 3 aromatic rings. The summed E-state index contributed by atoms with van der Waals surface area (Å²) in [5.41, 5.74) is 2.00. The number of amides is 1. The van der Waals surface area contributed by atoms with Crippen molar-refractivity contribution in [2.45, 2.75) is 36.0 Å². The summed E-state index contributed by atoms with van der Waals surface area (Å²) in [6.45, 7) is 0. The number of fused-ring (bicyclic) bond motifs is 1. The molecule has 0 saturated carbocycles. The van der Waals surface area contributed by atoms with Crippen LogP contribution in [-0.4, -0.2) is 5.91 Å². The first-order chi connectivity index (χ1) is 12.3. The lowest BCUT2D eigenvalue weighted by molar-refractivity contribution is 0.0903. The molecule has 4 rings (SSSR count). The largest absolute Gasteiger partial charge is 0.469 e. The van der Waals surface area contributed by atoms with Gasteiger partial charge in [-0.25, -0.2) is 0 Å². The van der Waals surface area contributed by atoms with Gasteiger partial charge in [0.2, 0.25) is 0 Å². The summed E-state index contributed by atoms with van der Waals surface area (Å²) in [5.74, 6) is 1.92. The van der Waals surface area contributed by atoms with Crippen LogP contribution in [0.1, 0.15) is 46.3 Å². The predicted octanol–water partition coefficient (Wildman–Crippen LogP) is 4.97. The fourth-order valence-electron chi connectivity index (χ4n) is 3.19. The van der Waals surface area contributed by atoms with E-state index in [2.05, 4.69) is 17.4 Å². The van der Waals surface area contributed by atoms with Crippen molar-refractivity contribution in [3.8, 4) is 0 Å². The number of benzene rings is 1. The molecule has 0 bridgehead atoms. The third-order valence-electron chi connectivity index (χ3n) is 4.45. The zero-order chi connectivity index (χ0) is 17.1. The Bertz CT molecular complexity index is 853. The van der Waals surface area contributed by atoms with Crippen molar-refractivity contribution in [2.24, 2.45) is 0 Å². The van der Waals surface area contributed by atoms with Gasteiger partial charge in [-0.1, -0.05) is 18.2 Å². The number of nitrogens with one attached hydrogen (secondary N) is 1. The number of thioether (sulfide) groups is 1. The highest BCUT2D eigenvalue weighted by Crippen LogP contribution is 2.31. The van der Waals surface area contributed by atoms with Crippen molar-refractivity contribution in [1.82, 2.24) is 5.32 Å². The van der Waals surface area contributed by atoms with Gasteiger partial charge >= 0.3 is 0 Å². The molecule has 1 atom stereocenters. The first-order valence-corrected chi connectivity index (χ1v) is 9.41. The molecule has 5 heteroatoms. The van der Waals surface area contributed by atoms with Crippen LogP contribution >= 0.6 is 11.8 Å². The van der Waals surface area contributed by atoms with Crippen LogP contribution < -0.4 is 5.32 Å². The van der Waals surface area contributed by atoms with Crippen LogP contribution in [0.4, 0.5) is 0 Å². The van der Waals surface area contributed by atoms with Crippen molar-refractivity contribution < 1.29 is 13.6 Å². The van der Waals surface area contributed by atoms with Crippen molar-refractivity contribution in [2.75, 3.05) is 0 Å². The van der Waals surface area contributed by atoms with Gasteiger partial charge in [0.15, 0.2) is 5.76 Å². The van der Waals surface area contributed by atoms with E-state index >= 15 is 0 Å². The van der Waals surface area contributed by atoms with Gasteiger partial charge < -0.3 is 14.2 Å². The molecule has 0 saturated heterocycles. The minimum absolute atomic E-state index is 0.00488. The van der Waals surface area contributed by atoms with Crippen LogP contribution in [0, 0.1) is 0 Å². The Balaban J connectivity index is 1.44. The van der Waals surface area contributed by atoms with Crippen LogP contribution in [0.5, 0.6) is 0 Å². The van der Waals surface area contributed by atoms with E-state index in [1.165, 1.54) is 4.90 Å². The van der Waals surface area contributed by atoms with Gasteiger partial charge in [0.25, 0.3) is 5.91 Å². The lowest BCUT2D eigenvalue weighted by atomic mass is 9.93. The minimum atomic E-state index is -0.160. The average molecular weight is 353 g/mol. The summed E-state index contributed by atoms with van der Waals surface area (Å²) >= 11 is 1.69.